The molecule has 1 fully saturated rings. The highest BCUT2D eigenvalue weighted by atomic mass is 79.9. The summed E-state index contributed by atoms with van der Waals surface area (Å²) in [4.78, 5) is 0. The zero-order valence-corrected chi connectivity index (χ0v) is 13.8. The van der Waals surface area contributed by atoms with E-state index in [1.54, 1.807) is 0 Å². The first-order valence-electron chi connectivity index (χ1n) is 6.68. The van der Waals surface area contributed by atoms with Crippen LogP contribution in [0.4, 0.5) is 0 Å². The van der Waals surface area contributed by atoms with Crippen molar-refractivity contribution in [3.8, 4) is 0 Å². The molecule has 1 aromatic carbocycles. The van der Waals surface area contributed by atoms with Crippen LogP contribution in [0.1, 0.15) is 44.1 Å². The molecule has 0 spiro atoms. The molecule has 0 bridgehead atoms. The van der Waals surface area contributed by atoms with E-state index in [1.807, 2.05) is 0 Å². The summed E-state index contributed by atoms with van der Waals surface area (Å²) >= 11 is 7.11. The van der Waals surface area contributed by atoms with Crippen LogP contribution in [0.5, 0.6) is 0 Å². The number of alkyl halides is 1. The zero-order chi connectivity index (χ0) is 12.8. The Labute approximate surface area is 127 Å². The van der Waals surface area contributed by atoms with E-state index in [0.29, 0.717) is 0 Å². The number of hydrogen-bond acceptors (Lipinski definition) is 1. The van der Waals surface area contributed by atoms with E-state index < -0.39 is 0 Å². The fourth-order valence-corrected chi connectivity index (χ4v) is 3.49. The molecule has 0 atom stereocenters. The molecule has 1 aliphatic carbocycles. The van der Waals surface area contributed by atoms with Gasteiger partial charge in [0.25, 0.3) is 0 Å². The second-order valence-corrected chi connectivity index (χ2v) is 6.62. The molecule has 0 heterocycles. The minimum atomic E-state index is 0.0591. The van der Waals surface area contributed by atoms with Crippen molar-refractivity contribution in [3.63, 3.8) is 0 Å². The van der Waals surface area contributed by atoms with Gasteiger partial charge in [0.05, 0.1) is 12.2 Å². The minimum absolute atomic E-state index is 0.0591. The molecule has 0 N–H and O–H groups in total. The van der Waals surface area contributed by atoms with E-state index in [-0.39, 0.29) is 5.60 Å². The fourth-order valence-electron chi connectivity index (χ4n) is 2.51. The lowest BCUT2D eigenvalue weighted by molar-refractivity contribution is -0.0485. The molecular weight excluding hydrogens is 356 g/mol. The molecule has 100 valence electrons. The van der Waals surface area contributed by atoms with Gasteiger partial charge in [-0.25, -0.2) is 0 Å². The Morgan fingerprint density at radius 1 is 1.00 bits per heavy atom. The van der Waals surface area contributed by atoms with Crippen molar-refractivity contribution in [3.05, 3.63) is 34.3 Å². The van der Waals surface area contributed by atoms with Crippen molar-refractivity contribution in [1.82, 2.24) is 0 Å². The largest absolute Gasteiger partial charge is 0.369 e. The molecule has 0 unspecified atom stereocenters. The number of rotatable bonds is 4. The Balaban J connectivity index is 1.95. The second-order valence-electron chi connectivity index (χ2n) is 5.15. The van der Waals surface area contributed by atoms with Crippen molar-refractivity contribution in [2.45, 2.75) is 50.7 Å². The summed E-state index contributed by atoms with van der Waals surface area (Å²) < 4.78 is 7.38. The van der Waals surface area contributed by atoms with Crippen LogP contribution in [0.2, 0.25) is 0 Å². The maximum absolute atomic E-state index is 6.26. The van der Waals surface area contributed by atoms with Crippen LogP contribution in [0, 0.1) is 0 Å². The first-order valence-corrected chi connectivity index (χ1v) is 8.60. The summed E-state index contributed by atoms with van der Waals surface area (Å²) in [6, 6.07) is 8.41. The van der Waals surface area contributed by atoms with Crippen molar-refractivity contribution in [2.75, 3.05) is 5.33 Å². The molecular formula is C15H20Br2O. The first-order chi connectivity index (χ1) is 8.74. The molecule has 0 radical (unpaired) electrons. The van der Waals surface area contributed by atoms with Gasteiger partial charge in [-0.05, 0) is 30.5 Å². The van der Waals surface area contributed by atoms with Crippen molar-refractivity contribution < 1.29 is 4.74 Å². The quantitative estimate of drug-likeness (QED) is 0.501. The molecule has 1 saturated carbocycles. The van der Waals surface area contributed by atoms with Gasteiger partial charge in [0.2, 0.25) is 0 Å². The van der Waals surface area contributed by atoms with E-state index in [0.717, 1.165) is 16.4 Å². The van der Waals surface area contributed by atoms with Crippen LogP contribution in [0.25, 0.3) is 0 Å². The third kappa shape index (κ3) is 4.07. The molecule has 1 aliphatic rings. The SMILES string of the molecule is BrCC1(OCc2ccc(Br)cc2)CCCCCC1. The number of ether oxygens (including phenoxy) is 1. The van der Waals surface area contributed by atoms with Crippen molar-refractivity contribution in [2.24, 2.45) is 0 Å². The topological polar surface area (TPSA) is 9.23 Å². The predicted molar refractivity (Wildman–Crippen MR) is 83.2 cm³/mol. The van der Waals surface area contributed by atoms with Gasteiger partial charge in [0, 0.05) is 9.80 Å². The average Bonchev–Trinajstić information content (AvgIpc) is 2.64. The van der Waals surface area contributed by atoms with Gasteiger partial charge in [-0.15, -0.1) is 0 Å². The lowest BCUT2D eigenvalue weighted by atomic mass is 9.96. The maximum Gasteiger partial charge on any atom is 0.0783 e. The third-order valence-corrected chi connectivity index (χ3v) is 5.27. The smallest absolute Gasteiger partial charge is 0.0783 e. The zero-order valence-electron chi connectivity index (χ0n) is 10.6. The van der Waals surface area contributed by atoms with Gasteiger partial charge in [-0.3, -0.25) is 0 Å². The van der Waals surface area contributed by atoms with Crippen LogP contribution >= 0.6 is 31.9 Å². The molecule has 0 saturated heterocycles. The van der Waals surface area contributed by atoms with E-state index in [2.05, 4.69) is 56.1 Å². The molecule has 2 rings (SSSR count). The molecule has 18 heavy (non-hydrogen) atoms. The molecule has 0 aliphatic heterocycles. The van der Waals surface area contributed by atoms with E-state index in [1.165, 1.54) is 44.1 Å². The van der Waals surface area contributed by atoms with Crippen LogP contribution in [-0.2, 0) is 11.3 Å². The highest BCUT2D eigenvalue weighted by Gasteiger charge is 2.30. The second kappa shape index (κ2) is 7.06. The Morgan fingerprint density at radius 2 is 1.61 bits per heavy atom. The monoisotopic (exact) mass is 374 g/mol. The van der Waals surface area contributed by atoms with Gasteiger partial charge >= 0.3 is 0 Å². The van der Waals surface area contributed by atoms with Gasteiger partial charge in [-0.1, -0.05) is 69.7 Å². The Morgan fingerprint density at radius 3 is 2.17 bits per heavy atom. The van der Waals surface area contributed by atoms with E-state index in [9.17, 15) is 0 Å². The number of benzene rings is 1. The van der Waals surface area contributed by atoms with Crippen molar-refractivity contribution >= 4 is 31.9 Å². The first kappa shape index (κ1) is 14.5. The van der Waals surface area contributed by atoms with Crippen LogP contribution in [-0.4, -0.2) is 10.9 Å². The number of hydrogen-bond donors (Lipinski definition) is 0. The highest BCUT2D eigenvalue weighted by molar-refractivity contribution is 9.10. The van der Waals surface area contributed by atoms with Crippen LogP contribution in [0.15, 0.2) is 28.7 Å². The fraction of sp³-hybridized carbons (Fsp3) is 0.600. The van der Waals surface area contributed by atoms with Crippen LogP contribution < -0.4 is 0 Å². The predicted octanol–water partition coefficient (Wildman–Crippen LogP) is 5.45. The van der Waals surface area contributed by atoms with Crippen LogP contribution in [0.3, 0.4) is 0 Å². The summed E-state index contributed by atoms with van der Waals surface area (Å²) in [6.07, 6.45) is 7.69. The summed E-state index contributed by atoms with van der Waals surface area (Å²) in [5.74, 6) is 0. The number of halogens is 2. The average molecular weight is 376 g/mol. The summed E-state index contributed by atoms with van der Waals surface area (Å²) in [5.41, 5.74) is 1.31. The maximum atomic E-state index is 6.26. The molecule has 1 nitrogen and oxygen atoms in total. The van der Waals surface area contributed by atoms with Gasteiger partial charge in [0.15, 0.2) is 0 Å². The highest BCUT2D eigenvalue weighted by Crippen LogP contribution is 2.33. The Bertz CT molecular complexity index is 353. The third-order valence-electron chi connectivity index (χ3n) is 3.72. The summed E-state index contributed by atoms with van der Waals surface area (Å²) in [6.45, 7) is 0.721. The minimum Gasteiger partial charge on any atom is -0.369 e. The van der Waals surface area contributed by atoms with Gasteiger partial charge in [-0.2, -0.15) is 0 Å². The summed E-state index contributed by atoms with van der Waals surface area (Å²) in [5, 5.41) is 0.955. The van der Waals surface area contributed by atoms with E-state index >= 15 is 0 Å². The molecule has 3 heteroatoms. The standard InChI is InChI=1S/C15H20Br2O/c16-12-15(9-3-1-2-4-10-15)18-11-13-5-7-14(17)8-6-13/h5-8H,1-4,9-12H2. The van der Waals surface area contributed by atoms with Crippen molar-refractivity contribution in [1.29, 1.82) is 0 Å². The molecule has 0 amide bonds. The lowest BCUT2D eigenvalue weighted by Gasteiger charge is -2.31. The molecule has 1 aromatic rings. The molecule has 0 aromatic heterocycles. The normalized spacial score (nSPS) is 19.4. The van der Waals surface area contributed by atoms with E-state index in [4.69, 9.17) is 4.74 Å². The lowest BCUT2D eigenvalue weighted by Crippen LogP contribution is -2.33. The van der Waals surface area contributed by atoms with Gasteiger partial charge < -0.3 is 4.74 Å². The summed E-state index contributed by atoms with van der Waals surface area (Å²) in [7, 11) is 0. The Kier molecular flexibility index (Phi) is 5.71. The van der Waals surface area contributed by atoms with Gasteiger partial charge in [0.1, 0.15) is 0 Å². The Hall–Kier alpha value is 0.140.